The van der Waals surface area contributed by atoms with Gasteiger partial charge >= 0.3 is 0 Å². The first-order valence-electron chi connectivity index (χ1n) is 5.92. The zero-order valence-corrected chi connectivity index (χ0v) is 11.9. The number of hydrogen-bond donors (Lipinski definition) is 3. The van der Waals surface area contributed by atoms with Gasteiger partial charge in [0.05, 0.1) is 13.0 Å². The smallest absolute Gasteiger partial charge is 0.240 e. The molecule has 0 unspecified atom stereocenters. The van der Waals surface area contributed by atoms with Crippen molar-refractivity contribution >= 4 is 29.1 Å². The molecule has 0 aliphatic heterocycles. The molecule has 104 valence electrons. The van der Waals surface area contributed by atoms with Gasteiger partial charge in [0.25, 0.3) is 0 Å². The van der Waals surface area contributed by atoms with Crippen molar-refractivity contribution in [1.82, 2.24) is 16.2 Å². The zero-order valence-electron chi connectivity index (χ0n) is 11.0. The van der Waals surface area contributed by atoms with Gasteiger partial charge in [0.2, 0.25) is 11.8 Å². The molecule has 0 heterocycles. The third-order valence-electron chi connectivity index (χ3n) is 1.84. The first-order chi connectivity index (χ1) is 8.45. The van der Waals surface area contributed by atoms with E-state index in [1.54, 1.807) is 0 Å². The molecule has 0 aromatic heterocycles. The van der Waals surface area contributed by atoms with Crippen LogP contribution in [-0.4, -0.2) is 30.1 Å². The first kappa shape index (κ1) is 16.8. The van der Waals surface area contributed by atoms with Crippen LogP contribution in [-0.2, 0) is 14.3 Å². The molecular formula is C11H21N3O3S. The molecule has 0 aliphatic carbocycles. The minimum absolute atomic E-state index is 0.0883. The molecule has 0 atom stereocenters. The Kier molecular flexibility index (Phi) is 9.13. The van der Waals surface area contributed by atoms with E-state index in [0.29, 0.717) is 19.6 Å². The normalized spacial score (nSPS) is 10.0. The van der Waals surface area contributed by atoms with E-state index in [1.807, 2.05) is 20.8 Å². The summed E-state index contributed by atoms with van der Waals surface area (Å²) >= 11 is 4.85. The molecule has 18 heavy (non-hydrogen) atoms. The van der Waals surface area contributed by atoms with E-state index < -0.39 is 0 Å². The van der Waals surface area contributed by atoms with Crippen LogP contribution in [0.15, 0.2) is 0 Å². The minimum atomic E-state index is -0.246. The van der Waals surface area contributed by atoms with Crippen LogP contribution in [0, 0.1) is 5.92 Å². The van der Waals surface area contributed by atoms with Crippen LogP contribution in [0.1, 0.15) is 33.6 Å². The monoisotopic (exact) mass is 275 g/mol. The number of nitrogens with one attached hydrogen (secondary N) is 3. The molecule has 0 radical (unpaired) electrons. The zero-order chi connectivity index (χ0) is 14.0. The summed E-state index contributed by atoms with van der Waals surface area (Å²) in [4.78, 5) is 22.6. The molecule has 7 heteroatoms. The molecule has 2 amide bonds. The lowest BCUT2D eigenvalue weighted by Gasteiger charge is -2.11. The van der Waals surface area contributed by atoms with Crippen molar-refractivity contribution in [3.8, 4) is 0 Å². The van der Waals surface area contributed by atoms with Gasteiger partial charge in [-0.15, -0.1) is 0 Å². The fourth-order valence-corrected chi connectivity index (χ4v) is 1.24. The Bertz CT molecular complexity index is 295. The number of thiocarbonyl (C=S) groups is 1. The third kappa shape index (κ3) is 9.98. The van der Waals surface area contributed by atoms with Gasteiger partial charge in [0.1, 0.15) is 0 Å². The number of carbonyl (C=O) groups is 2. The highest BCUT2D eigenvalue weighted by Crippen LogP contribution is 1.97. The summed E-state index contributed by atoms with van der Waals surface area (Å²) in [6.07, 6.45) is 0.628. The number of ether oxygens (including phenoxy) is 1. The summed E-state index contributed by atoms with van der Waals surface area (Å²) in [6.45, 7) is 6.66. The fraction of sp³-hybridized carbons (Fsp3) is 0.727. The number of rotatable bonds is 6. The van der Waals surface area contributed by atoms with Gasteiger partial charge in [-0.2, -0.15) is 0 Å². The van der Waals surface area contributed by atoms with E-state index >= 15 is 0 Å². The van der Waals surface area contributed by atoms with Crippen LogP contribution in [0.5, 0.6) is 0 Å². The first-order valence-corrected chi connectivity index (χ1v) is 6.33. The van der Waals surface area contributed by atoms with Gasteiger partial charge in [-0.05, 0) is 25.1 Å². The molecule has 3 N–H and O–H groups in total. The second-order valence-corrected chi connectivity index (χ2v) is 4.50. The fourth-order valence-electron chi connectivity index (χ4n) is 1.08. The largest absolute Gasteiger partial charge is 0.381 e. The second kappa shape index (κ2) is 9.78. The van der Waals surface area contributed by atoms with Crippen molar-refractivity contribution < 1.29 is 14.3 Å². The van der Waals surface area contributed by atoms with E-state index in [4.69, 9.17) is 17.0 Å². The van der Waals surface area contributed by atoms with Gasteiger partial charge < -0.3 is 10.1 Å². The highest BCUT2D eigenvalue weighted by Gasteiger charge is 2.07. The highest BCUT2D eigenvalue weighted by atomic mass is 32.1. The Morgan fingerprint density at radius 2 is 1.89 bits per heavy atom. The Hall–Kier alpha value is -1.21. The van der Waals surface area contributed by atoms with Crippen LogP contribution >= 0.6 is 12.2 Å². The summed E-state index contributed by atoms with van der Waals surface area (Å²) in [5, 5.41) is 2.56. The molecule has 0 bridgehead atoms. The molecular weight excluding hydrogens is 254 g/mol. The van der Waals surface area contributed by atoms with Gasteiger partial charge in [0, 0.05) is 13.0 Å². The molecule has 0 aromatic rings. The lowest BCUT2D eigenvalue weighted by molar-refractivity contribution is -0.123. The van der Waals surface area contributed by atoms with Crippen molar-refractivity contribution in [2.75, 3.05) is 13.2 Å². The summed E-state index contributed by atoms with van der Waals surface area (Å²) in [5.74, 6) is -0.163. The Morgan fingerprint density at radius 3 is 2.44 bits per heavy atom. The summed E-state index contributed by atoms with van der Waals surface area (Å²) in [6, 6.07) is 0. The van der Waals surface area contributed by atoms with E-state index in [0.717, 1.165) is 0 Å². The average Bonchev–Trinajstić information content (AvgIpc) is 2.25. The van der Waals surface area contributed by atoms with Crippen molar-refractivity contribution in [3.63, 3.8) is 0 Å². The SMILES string of the molecule is CCOCCC(=O)NNC(=S)NC(=O)CC(C)C. The molecule has 0 fully saturated rings. The van der Waals surface area contributed by atoms with Crippen molar-refractivity contribution in [3.05, 3.63) is 0 Å². The second-order valence-electron chi connectivity index (χ2n) is 4.10. The van der Waals surface area contributed by atoms with Crippen LogP contribution < -0.4 is 16.2 Å². The quantitative estimate of drug-likeness (QED) is 0.373. The molecule has 0 saturated carbocycles. The summed E-state index contributed by atoms with van der Waals surface area (Å²) in [7, 11) is 0. The minimum Gasteiger partial charge on any atom is -0.381 e. The van der Waals surface area contributed by atoms with Crippen LogP contribution in [0.25, 0.3) is 0 Å². The van der Waals surface area contributed by atoms with Gasteiger partial charge in [-0.25, -0.2) is 0 Å². The van der Waals surface area contributed by atoms with E-state index in [1.165, 1.54) is 0 Å². The van der Waals surface area contributed by atoms with E-state index in [2.05, 4.69) is 16.2 Å². The van der Waals surface area contributed by atoms with Crippen LogP contribution in [0.3, 0.4) is 0 Å². The molecule has 0 aliphatic rings. The average molecular weight is 275 g/mol. The predicted octanol–water partition coefficient (Wildman–Crippen LogP) is 0.481. The lowest BCUT2D eigenvalue weighted by atomic mass is 10.1. The topological polar surface area (TPSA) is 79.5 Å². The Labute approximate surface area is 113 Å². The van der Waals surface area contributed by atoms with Crippen LogP contribution in [0.2, 0.25) is 0 Å². The molecule has 0 saturated heterocycles. The van der Waals surface area contributed by atoms with Gasteiger partial charge in [0.15, 0.2) is 5.11 Å². The third-order valence-corrected chi connectivity index (χ3v) is 2.04. The predicted molar refractivity (Wildman–Crippen MR) is 72.6 cm³/mol. The number of hydrazine groups is 1. The molecule has 0 aromatic carbocycles. The Balaban J connectivity index is 3.69. The van der Waals surface area contributed by atoms with E-state index in [9.17, 15) is 9.59 Å². The van der Waals surface area contributed by atoms with E-state index in [-0.39, 0.29) is 29.3 Å². The molecule has 0 spiro atoms. The van der Waals surface area contributed by atoms with Crippen LogP contribution in [0.4, 0.5) is 0 Å². The Morgan fingerprint density at radius 1 is 1.22 bits per heavy atom. The summed E-state index contributed by atoms with van der Waals surface area (Å²) in [5.41, 5.74) is 4.83. The van der Waals surface area contributed by atoms with Crippen molar-refractivity contribution in [2.24, 2.45) is 5.92 Å². The van der Waals surface area contributed by atoms with Crippen molar-refractivity contribution in [1.29, 1.82) is 0 Å². The highest BCUT2D eigenvalue weighted by molar-refractivity contribution is 7.80. The standard InChI is InChI=1S/C11H21N3O3S/c1-4-17-6-5-9(15)13-14-11(18)12-10(16)7-8(2)3/h8H,4-7H2,1-3H3,(H,13,15)(H2,12,14,16,18). The number of amides is 2. The van der Waals surface area contributed by atoms with Gasteiger partial charge in [-0.1, -0.05) is 13.8 Å². The van der Waals surface area contributed by atoms with Crippen molar-refractivity contribution in [2.45, 2.75) is 33.6 Å². The van der Waals surface area contributed by atoms with Gasteiger partial charge in [-0.3, -0.25) is 20.4 Å². The maximum absolute atomic E-state index is 11.3. The maximum Gasteiger partial charge on any atom is 0.240 e. The number of hydrogen-bond acceptors (Lipinski definition) is 4. The summed E-state index contributed by atoms with van der Waals surface area (Å²) < 4.78 is 5.03. The number of carbonyl (C=O) groups excluding carboxylic acids is 2. The maximum atomic E-state index is 11.3. The molecule has 6 nitrogen and oxygen atoms in total. The molecule has 0 rings (SSSR count). The lowest BCUT2D eigenvalue weighted by Crippen LogP contribution is -2.48.